The summed E-state index contributed by atoms with van der Waals surface area (Å²) in [6, 6.07) is 5.26. The minimum atomic E-state index is -6.00. The molecular formula is C6H4B4F16N3O2-3. The van der Waals surface area contributed by atoms with Crippen LogP contribution in [-0.4, -0.2) is 33.9 Å². The molecule has 0 spiro atoms. The largest absolute Gasteiger partial charge is 0.673 e. The third kappa shape index (κ3) is 99.2. The molecular weight excluding hydrogens is 493 g/mol. The van der Waals surface area contributed by atoms with E-state index in [1.54, 1.807) is 0 Å². The molecule has 0 saturated heterocycles. The van der Waals surface area contributed by atoms with Crippen molar-refractivity contribution < 1.29 is 74.0 Å². The topological polar surface area (TPSA) is 71.3 Å². The van der Waals surface area contributed by atoms with E-state index in [1.807, 2.05) is 0 Å². The molecule has 0 bridgehead atoms. The van der Waals surface area contributed by atoms with Crippen LogP contribution in [0.3, 0.4) is 0 Å². The van der Waals surface area contributed by atoms with Gasteiger partial charge in [0.25, 0.3) is 5.69 Å². The Morgan fingerprint density at radius 1 is 0.613 bits per heavy atom. The van der Waals surface area contributed by atoms with E-state index in [-0.39, 0.29) is 5.69 Å². The maximum atomic E-state index is 10.1. The van der Waals surface area contributed by atoms with E-state index in [0.29, 0.717) is 5.69 Å². The Kier molecular flexibility index (Phi) is 17.3. The lowest BCUT2D eigenvalue weighted by molar-refractivity contribution is -0.384. The first-order valence-electron chi connectivity index (χ1n) is 6.33. The van der Waals surface area contributed by atoms with Gasteiger partial charge in [-0.15, -0.1) is 0 Å². The predicted molar refractivity (Wildman–Crippen MR) is 78.6 cm³/mol. The van der Waals surface area contributed by atoms with Crippen molar-refractivity contribution in [2.24, 2.45) is 0 Å². The van der Waals surface area contributed by atoms with Gasteiger partial charge in [0.05, 0.1) is 4.92 Å². The molecule has 182 valence electrons. The molecule has 1 aromatic rings. The highest BCUT2D eigenvalue weighted by Crippen LogP contribution is 2.17. The highest BCUT2D eigenvalue weighted by atomic mass is 19.5. The first-order chi connectivity index (χ1) is 13.2. The van der Waals surface area contributed by atoms with E-state index >= 15 is 0 Å². The van der Waals surface area contributed by atoms with Crippen LogP contribution >= 0.6 is 0 Å². The molecule has 0 N–H and O–H groups in total. The van der Waals surface area contributed by atoms with Crippen LogP contribution in [0.15, 0.2) is 24.3 Å². The van der Waals surface area contributed by atoms with E-state index in [9.17, 15) is 79.2 Å². The number of non-ortho nitro benzene ring substituents is 1. The van der Waals surface area contributed by atoms with Gasteiger partial charge in [-0.2, -0.15) is 0 Å². The van der Waals surface area contributed by atoms with Crippen molar-refractivity contribution in [3.8, 4) is 0 Å². The van der Waals surface area contributed by atoms with Crippen molar-refractivity contribution in [2.75, 3.05) is 0 Å². The van der Waals surface area contributed by atoms with Gasteiger partial charge in [0.2, 0.25) is 5.39 Å². The molecule has 0 aliphatic carbocycles. The van der Waals surface area contributed by atoms with E-state index in [1.165, 1.54) is 24.3 Å². The fourth-order valence-corrected chi connectivity index (χ4v) is 0.641. The third-order valence-electron chi connectivity index (χ3n) is 1.18. The fraction of sp³-hybridized carbons (Fsp3) is 0. The molecule has 1 rings (SSSR count). The van der Waals surface area contributed by atoms with Crippen molar-refractivity contribution in [1.29, 1.82) is 5.39 Å². The molecule has 0 aliphatic rings. The van der Waals surface area contributed by atoms with Gasteiger partial charge in [-0.3, -0.25) is 10.1 Å². The molecule has 5 nitrogen and oxygen atoms in total. The van der Waals surface area contributed by atoms with Crippen LogP contribution in [0.5, 0.6) is 0 Å². The summed E-state index contributed by atoms with van der Waals surface area (Å²) >= 11 is 0. The fourth-order valence-electron chi connectivity index (χ4n) is 0.641. The second-order valence-corrected chi connectivity index (χ2v) is 3.85. The lowest BCUT2D eigenvalue weighted by Gasteiger charge is -1.94. The number of nitro groups is 1. The van der Waals surface area contributed by atoms with E-state index < -0.39 is 33.9 Å². The van der Waals surface area contributed by atoms with Gasteiger partial charge in [0.1, 0.15) is 0 Å². The summed E-state index contributed by atoms with van der Waals surface area (Å²) in [6.07, 6.45) is 0. The highest BCUT2D eigenvalue weighted by Gasteiger charge is 2.21. The van der Waals surface area contributed by atoms with E-state index in [0.717, 1.165) is 0 Å². The minimum Gasteiger partial charge on any atom is -0.418 e. The van der Waals surface area contributed by atoms with Gasteiger partial charge in [0.15, 0.2) is 4.98 Å². The Morgan fingerprint density at radius 3 is 0.935 bits per heavy atom. The lowest BCUT2D eigenvalue weighted by Crippen LogP contribution is -2.02. The number of hydrogen-bond acceptors (Lipinski definition) is 3. The summed E-state index contributed by atoms with van der Waals surface area (Å²) in [7, 11) is -24.0. The molecule has 0 aliphatic heterocycles. The SMILES string of the molecule is F[B-](F)(F)F.F[B-](F)(F)F.F[B-](F)(F)F.F[B-](F)(F)F.N#[N+]c1ccc([N+](=O)[O-])cc1. The summed E-state index contributed by atoms with van der Waals surface area (Å²) in [6.45, 7) is 0. The van der Waals surface area contributed by atoms with Crippen LogP contribution in [0.25, 0.3) is 4.98 Å². The van der Waals surface area contributed by atoms with E-state index in [4.69, 9.17) is 5.39 Å². The van der Waals surface area contributed by atoms with Crippen molar-refractivity contribution in [3.63, 3.8) is 0 Å². The van der Waals surface area contributed by atoms with Crippen LogP contribution in [0, 0.1) is 15.5 Å². The molecule has 0 fully saturated rings. The van der Waals surface area contributed by atoms with Crippen LogP contribution in [0.2, 0.25) is 0 Å². The van der Waals surface area contributed by atoms with Crippen molar-refractivity contribution in [2.45, 2.75) is 0 Å². The molecule has 1 aromatic carbocycles. The van der Waals surface area contributed by atoms with Gasteiger partial charge < -0.3 is 69.1 Å². The van der Waals surface area contributed by atoms with Crippen molar-refractivity contribution in [1.82, 2.24) is 0 Å². The zero-order chi connectivity index (χ0) is 26.3. The molecule has 0 radical (unpaired) electrons. The maximum absolute atomic E-state index is 10.1. The van der Waals surface area contributed by atoms with Crippen molar-refractivity contribution >= 4 is 40.4 Å². The number of diazo groups is 1. The number of benzene rings is 1. The molecule has 0 atom stereocenters. The van der Waals surface area contributed by atoms with Gasteiger partial charge in [-0.05, 0) is 0 Å². The summed E-state index contributed by atoms with van der Waals surface area (Å²) < 4.78 is 156. The predicted octanol–water partition coefficient (Wildman–Crippen LogP) is 7.28. The van der Waals surface area contributed by atoms with Crippen molar-refractivity contribution in [3.05, 3.63) is 39.4 Å². The van der Waals surface area contributed by atoms with Crippen LogP contribution < -0.4 is 0 Å². The third-order valence-corrected chi connectivity index (χ3v) is 1.18. The Hall–Kier alpha value is -2.82. The van der Waals surface area contributed by atoms with E-state index in [2.05, 4.69) is 4.98 Å². The Bertz CT molecular complexity index is 578. The van der Waals surface area contributed by atoms with Crippen LogP contribution in [-0.2, 0) is 0 Å². The number of hydrogen-bond donors (Lipinski definition) is 0. The Labute approximate surface area is 160 Å². The zero-order valence-corrected chi connectivity index (χ0v) is 13.8. The quantitative estimate of drug-likeness (QED) is 0.135. The first kappa shape index (κ1) is 35.6. The van der Waals surface area contributed by atoms with Gasteiger partial charge >= 0.3 is 34.7 Å². The average molecular weight is 497 g/mol. The zero-order valence-electron chi connectivity index (χ0n) is 13.8. The number of halogens is 16. The smallest absolute Gasteiger partial charge is 0.418 e. The lowest BCUT2D eigenvalue weighted by atomic mass is 10.3. The molecule has 0 aromatic heterocycles. The second-order valence-electron chi connectivity index (χ2n) is 3.85. The Balaban J connectivity index is -0.000000157. The Morgan fingerprint density at radius 2 is 0.806 bits per heavy atom. The molecule has 0 amide bonds. The summed E-state index contributed by atoms with van der Waals surface area (Å²) in [5, 5.41) is 18.3. The minimum absolute atomic E-state index is 0.0163. The summed E-state index contributed by atoms with van der Waals surface area (Å²) in [5.74, 6) is 0. The highest BCUT2D eigenvalue weighted by molar-refractivity contribution is 6.50. The number of nitrogens with zero attached hydrogens (tertiary/aromatic N) is 3. The molecule has 31 heavy (non-hydrogen) atoms. The molecule has 0 saturated carbocycles. The summed E-state index contributed by atoms with van der Waals surface area (Å²) in [4.78, 5) is 12.4. The molecule has 0 unspecified atom stereocenters. The summed E-state index contributed by atoms with van der Waals surface area (Å²) in [5.41, 5.74) is 0.285. The number of rotatable bonds is 1. The normalized spacial score (nSPS) is 10.8. The van der Waals surface area contributed by atoms with Gasteiger partial charge in [0, 0.05) is 24.3 Å². The molecule has 25 heteroatoms. The maximum Gasteiger partial charge on any atom is 0.673 e. The van der Waals surface area contributed by atoms with Crippen LogP contribution in [0.1, 0.15) is 0 Å². The van der Waals surface area contributed by atoms with Gasteiger partial charge in [-0.25, -0.2) is 0 Å². The van der Waals surface area contributed by atoms with Gasteiger partial charge in [-0.1, -0.05) is 0 Å². The standard InChI is InChI=1S/C6H4N3O2.4BF4/c7-8-5-1-3-6(4-2-5)9(10)11;4*2-1(3,4)5/h1-4H;;;;/q+1;4*-1. The van der Waals surface area contributed by atoms with Crippen LogP contribution in [0.4, 0.5) is 80.4 Å². The second kappa shape index (κ2) is 15.1. The monoisotopic (exact) mass is 498 g/mol. The number of nitro benzene ring substituents is 1. The molecule has 0 heterocycles. The first-order valence-corrected chi connectivity index (χ1v) is 6.33. The average Bonchev–Trinajstić information content (AvgIpc) is 2.40.